The first kappa shape index (κ1) is 16.5. The van der Waals surface area contributed by atoms with Gasteiger partial charge in [0.25, 0.3) is 0 Å². The fraction of sp³-hybridized carbons (Fsp3) is 0.238. The zero-order valence-corrected chi connectivity index (χ0v) is 16.9. The van der Waals surface area contributed by atoms with Crippen LogP contribution < -0.4 is 0 Å². The molecule has 0 aromatic carbocycles. The summed E-state index contributed by atoms with van der Waals surface area (Å²) in [5, 5.41) is 1.10. The fourth-order valence-electron chi connectivity index (χ4n) is 3.35. The molecule has 0 aromatic heterocycles. The molecule has 4 heteroatoms. The molecular formula is C21H18S4. The van der Waals surface area contributed by atoms with E-state index in [4.69, 9.17) is 0 Å². The minimum Gasteiger partial charge on any atom is -0.129 e. The lowest BCUT2D eigenvalue weighted by Gasteiger charge is -2.13. The summed E-state index contributed by atoms with van der Waals surface area (Å²) in [7, 11) is 0. The van der Waals surface area contributed by atoms with Gasteiger partial charge in [0.1, 0.15) is 0 Å². The van der Waals surface area contributed by atoms with Crippen LogP contribution in [0.3, 0.4) is 0 Å². The summed E-state index contributed by atoms with van der Waals surface area (Å²) in [6.45, 7) is 0. The maximum Gasteiger partial charge on any atom is 0.0811 e. The first-order valence-corrected chi connectivity index (χ1v) is 12.1. The van der Waals surface area contributed by atoms with Gasteiger partial charge >= 0.3 is 0 Å². The van der Waals surface area contributed by atoms with E-state index in [0.717, 1.165) is 12.8 Å². The Morgan fingerprint density at radius 1 is 0.920 bits per heavy atom. The third-order valence-corrected chi connectivity index (χ3v) is 10.4. The molecule has 126 valence electrons. The number of allylic oxidation sites excluding steroid dienone is 10. The number of thioether (sulfide) groups is 4. The van der Waals surface area contributed by atoms with E-state index in [2.05, 4.69) is 90.4 Å². The summed E-state index contributed by atoms with van der Waals surface area (Å²) >= 11 is 8.12. The Morgan fingerprint density at radius 3 is 2.44 bits per heavy atom. The second kappa shape index (κ2) is 7.15. The molecule has 2 saturated heterocycles. The van der Waals surface area contributed by atoms with E-state index < -0.39 is 0 Å². The summed E-state index contributed by atoms with van der Waals surface area (Å²) < 4.78 is 1.93. The summed E-state index contributed by atoms with van der Waals surface area (Å²) in [4.78, 5) is 3.07. The standard InChI is InChI=1S/C21H18S4/c1-2-8-14(7-1)15(21-24-18-11-5-6-12-19(18)25-21)13-20-22-16-9-3-4-10-17(16)23-20/h1-3,5,7-13,16,18,21H,4,6H2/b20-13+. The summed E-state index contributed by atoms with van der Waals surface area (Å²) in [6.07, 6.45) is 27.6. The summed E-state index contributed by atoms with van der Waals surface area (Å²) in [6, 6.07) is 0. The third-order valence-electron chi connectivity index (χ3n) is 4.59. The van der Waals surface area contributed by atoms with Gasteiger partial charge in [0.05, 0.1) is 15.1 Å². The third kappa shape index (κ3) is 3.34. The summed E-state index contributed by atoms with van der Waals surface area (Å²) in [5.41, 5.74) is 2.85. The SMILES string of the molecule is C1=CC(=C(/C=C2/SC3=CCC=CC3S2)C2SC3=CCC=CC3S2)C=C1. The van der Waals surface area contributed by atoms with Crippen molar-refractivity contribution in [2.45, 2.75) is 27.9 Å². The molecule has 0 N–H and O–H groups in total. The highest BCUT2D eigenvalue weighted by atomic mass is 32.2. The normalized spacial score (nSPS) is 33.7. The lowest BCUT2D eigenvalue weighted by Crippen LogP contribution is -2.00. The first-order valence-electron chi connectivity index (χ1n) is 8.57. The van der Waals surface area contributed by atoms with Crippen molar-refractivity contribution in [2.75, 3.05) is 0 Å². The van der Waals surface area contributed by atoms with Gasteiger partial charge in [-0.1, -0.05) is 72.5 Å². The van der Waals surface area contributed by atoms with Crippen LogP contribution in [0.4, 0.5) is 0 Å². The molecule has 3 atom stereocenters. The number of hydrogen-bond acceptors (Lipinski definition) is 4. The van der Waals surface area contributed by atoms with Crippen LogP contribution in [0.2, 0.25) is 0 Å². The Balaban J connectivity index is 1.47. The lowest BCUT2D eigenvalue weighted by atomic mass is 10.1. The Morgan fingerprint density at radius 2 is 1.68 bits per heavy atom. The zero-order valence-electron chi connectivity index (χ0n) is 13.6. The predicted octanol–water partition coefficient (Wildman–Crippen LogP) is 6.96. The van der Waals surface area contributed by atoms with Gasteiger partial charge in [-0.25, -0.2) is 0 Å². The molecule has 3 unspecified atom stereocenters. The highest BCUT2D eigenvalue weighted by Crippen LogP contribution is 2.55. The van der Waals surface area contributed by atoms with Gasteiger partial charge < -0.3 is 0 Å². The van der Waals surface area contributed by atoms with Crippen molar-refractivity contribution in [3.63, 3.8) is 0 Å². The van der Waals surface area contributed by atoms with Gasteiger partial charge in [0.15, 0.2) is 0 Å². The molecule has 0 bridgehead atoms. The smallest absolute Gasteiger partial charge is 0.0811 e. The van der Waals surface area contributed by atoms with E-state index in [1.54, 1.807) is 4.91 Å². The van der Waals surface area contributed by atoms with Crippen molar-refractivity contribution >= 4 is 47.0 Å². The summed E-state index contributed by atoms with van der Waals surface area (Å²) in [5.74, 6) is 0. The minimum atomic E-state index is 0.488. The van der Waals surface area contributed by atoms with Crippen molar-refractivity contribution in [3.8, 4) is 0 Å². The van der Waals surface area contributed by atoms with E-state index in [9.17, 15) is 0 Å². The molecule has 5 rings (SSSR count). The molecule has 2 heterocycles. The van der Waals surface area contributed by atoms with Gasteiger partial charge in [-0.05, 0) is 35.0 Å². The van der Waals surface area contributed by atoms with Crippen molar-refractivity contribution in [2.24, 2.45) is 0 Å². The molecule has 0 amide bonds. The molecule has 0 saturated carbocycles. The van der Waals surface area contributed by atoms with Crippen molar-refractivity contribution < 1.29 is 0 Å². The van der Waals surface area contributed by atoms with E-state index >= 15 is 0 Å². The Hall–Kier alpha value is -0.680. The van der Waals surface area contributed by atoms with Gasteiger partial charge in [0, 0.05) is 9.14 Å². The maximum atomic E-state index is 2.46. The molecule has 5 aliphatic rings. The van der Waals surface area contributed by atoms with Crippen LogP contribution in [-0.2, 0) is 0 Å². The number of hydrogen-bond donors (Lipinski definition) is 0. The lowest BCUT2D eigenvalue weighted by molar-refractivity contribution is 1.23. The highest BCUT2D eigenvalue weighted by molar-refractivity contribution is 8.28. The average Bonchev–Trinajstić information content (AvgIpc) is 3.37. The Bertz CT molecular complexity index is 818. The monoisotopic (exact) mass is 398 g/mol. The van der Waals surface area contributed by atoms with Crippen LogP contribution in [0.5, 0.6) is 0 Å². The molecule has 0 radical (unpaired) electrons. The Kier molecular flexibility index (Phi) is 4.71. The van der Waals surface area contributed by atoms with Gasteiger partial charge in [-0.3, -0.25) is 0 Å². The highest BCUT2D eigenvalue weighted by Gasteiger charge is 2.34. The number of fused-ring (bicyclic) bond motifs is 2. The molecule has 2 aliphatic heterocycles. The first-order chi connectivity index (χ1) is 12.4. The fourth-order valence-corrected chi connectivity index (χ4v) is 9.35. The molecule has 25 heavy (non-hydrogen) atoms. The van der Waals surface area contributed by atoms with E-state index in [1.807, 2.05) is 23.5 Å². The quantitative estimate of drug-likeness (QED) is 0.461. The average molecular weight is 399 g/mol. The van der Waals surface area contributed by atoms with Gasteiger partial charge in [-0.15, -0.1) is 35.3 Å². The van der Waals surface area contributed by atoms with Crippen LogP contribution >= 0.6 is 47.0 Å². The zero-order chi connectivity index (χ0) is 16.6. The maximum absolute atomic E-state index is 2.46. The van der Waals surface area contributed by atoms with Crippen LogP contribution in [0.15, 0.2) is 92.0 Å². The topological polar surface area (TPSA) is 0 Å². The van der Waals surface area contributed by atoms with Crippen LogP contribution in [-0.4, -0.2) is 15.1 Å². The van der Waals surface area contributed by atoms with Crippen molar-refractivity contribution in [3.05, 3.63) is 92.0 Å². The van der Waals surface area contributed by atoms with E-state index in [-0.39, 0.29) is 0 Å². The predicted molar refractivity (Wildman–Crippen MR) is 119 cm³/mol. The van der Waals surface area contributed by atoms with Crippen molar-refractivity contribution in [1.29, 1.82) is 0 Å². The molecule has 0 nitrogen and oxygen atoms in total. The second-order valence-electron chi connectivity index (χ2n) is 6.28. The van der Waals surface area contributed by atoms with E-state index in [0.29, 0.717) is 15.1 Å². The van der Waals surface area contributed by atoms with Crippen molar-refractivity contribution in [1.82, 2.24) is 0 Å². The van der Waals surface area contributed by atoms with Gasteiger partial charge in [-0.2, -0.15) is 0 Å². The molecule has 3 aliphatic carbocycles. The molecule has 2 fully saturated rings. The molecule has 0 aromatic rings. The molecule has 0 spiro atoms. The van der Waals surface area contributed by atoms with Crippen LogP contribution in [0.25, 0.3) is 0 Å². The number of rotatable bonds is 2. The van der Waals surface area contributed by atoms with Crippen LogP contribution in [0, 0.1) is 0 Å². The minimum absolute atomic E-state index is 0.488. The largest absolute Gasteiger partial charge is 0.129 e. The van der Waals surface area contributed by atoms with Crippen LogP contribution in [0.1, 0.15) is 12.8 Å². The Labute approximate surface area is 166 Å². The second-order valence-corrected chi connectivity index (χ2v) is 11.6. The van der Waals surface area contributed by atoms with Gasteiger partial charge in [0.2, 0.25) is 0 Å². The molecular weight excluding hydrogens is 380 g/mol. The van der Waals surface area contributed by atoms with E-state index in [1.165, 1.54) is 20.3 Å².